The maximum absolute atomic E-state index is 11.2. The lowest BCUT2D eigenvalue weighted by Crippen LogP contribution is -2.65. The fourth-order valence-electron chi connectivity index (χ4n) is 5.41. The van der Waals surface area contributed by atoms with Crippen LogP contribution in [0.4, 0.5) is 0 Å². The van der Waals surface area contributed by atoms with Gasteiger partial charge in [-0.2, -0.15) is 0 Å². The highest BCUT2D eigenvalue weighted by atomic mass is 16.6. The summed E-state index contributed by atoms with van der Waals surface area (Å²) in [5.41, 5.74) is 5.14. The molecule has 0 saturated carbocycles. The minimum Gasteiger partial charge on any atom is -0.497 e. The van der Waals surface area contributed by atoms with Gasteiger partial charge in [-0.25, -0.2) is 0 Å². The molecule has 1 heterocycles. The van der Waals surface area contributed by atoms with E-state index in [1.165, 1.54) is 18.2 Å². The van der Waals surface area contributed by atoms with Crippen molar-refractivity contribution in [3.05, 3.63) is 63.7 Å². The summed E-state index contributed by atoms with van der Waals surface area (Å²) in [7, 11) is 3.15. The van der Waals surface area contributed by atoms with Gasteiger partial charge in [-0.15, -0.1) is 0 Å². The summed E-state index contributed by atoms with van der Waals surface area (Å²) >= 11 is 0. The van der Waals surface area contributed by atoms with Crippen molar-refractivity contribution < 1.29 is 34.6 Å². The molecule has 2 aromatic carbocycles. The van der Waals surface area contributed by atoms with Crippen LogP contribution in [0.5, 0.6) is 5.75 Å². The van der Waals surface area contributed by atoms with Crippen LogP contribution in [0.15, 0.2) is 30.3 Å². The van der Waals surface area contributed by atoms with Crippen LogP contribution in [-0.4, -0.2) is 72.3 Å². The normalized spacial score (nSPS) is 29.2. The average Bonchev–Trinajstić information content (AvgIpc) is 3.32. The second-order valence-corrected chi connectivity index (χ2v) is 9.13. The molecule has 5 unspecified atom stereocenters. The Bertz CT molecular complexity index is 972. The molecule has 180 valence electrons. The van der Waals surface area contributed by atoms with Gasteiger partial charge in [-0.1, -0.05) is 18.2 Å². The number of ether oxygens (including phenoxy) is 3. The van der Waals surface area contributed by atoms with E-state index >= 15 is 0 Å². The van der Waals surface area contributed by atoms with E-state index in [-0.39, 0.29) is 6.61 Å². The number of methoxy groups -OCH3 is 2. The predicted molar refractivity (Wildman–Crippen MR) is 123 cm³/mol. The van der Waals surface area contributed by atoms with Crippen molar-refractivity contribution in [1.82, 2.24) is 0 Å². The molecule has 33 heavy (non-hydrogen) atoms. The molecule has 2 aromatic rings. The first-order chi connectivity index (χ1) is 15.9. The molecule has 2 aliphatic rings. The Kier molecular flexibility index (Phi) is 7.09. The van der Waals surface area contributed by atoms with E-state index in [4.69, 9.17) is 14.2 Å². The molecule has 7 heteroatoms. The molecule has 0 aromatic heterocycles. The Morgan fingerprint density at radius 3 is 2.36 bits per heavy atom. The largest absolute Gasteiger partial charge is 0.497 e. The van der Waals surface area contributed by atoms with Crippen molar-refractivity contribution in [3.8, 4) is 5.75 Å². The Morgan fingerprint density at radius 1 is 1.03 bits per heavy atom. The van der Waals surface area contributed by atoms with Gasteiger partial charge in [-0.3, -0.25) is 0 Å². The van der Waals surface area contributed by atoms with Crippen molar-refractivity contribution in [1.29, 1.82) is 0 Å². The molecule has 1 fully saturated rings. The third-order valence-electron chi connectivity index (χ3n) is 7.24. The van der Waals surface area contributed by atoms with Crippen molar-refractivity contribution in [2.24, 2.45) is 0 Å². The van der Waals surface area contributed by atoms with Gasteiger partial charge in [0, 0.05) is 7.11 Å². The lowest BCUT2D eigenvalue weighted by molar-refractivity contribution is -0.290. The number of aliphatic hydroxyl groups excluding tert-OH is 4. The molecule has 4 rings (SSSR count). The standard InChI is InChI=1S/C26H34O7/c1-15-17(11-16-7-9-18(32-3)10-8-16)12-21(20-6-4-5-19(15)20)26(14-31-2)25(30)24(29)23(28)22(13-27)33-26/h7-10,12,22-25,27-30H,4-6,11,13-14H2,1-3H3. The summed E-state index contributed by atoms with van der Waals surface area (Å²) in [5, 5.41) is 42.0. The maximum atomic E-state index is 11.2. The van der Waals surface area contributed by atoms with Crippen molar-refractivity contribution >= 4 is 0 Å². The lowest BCUT2D eigenvalue weighted by Gasteiger charge is -2.49. The molecular weight excluding hydrogens is 424 g/mol. The Labute approximate surface area is 194 Å². The van der Waals surface area contributed by atoms with Gasteiger partial charge in [0.1, 0.15) is 35.8 Å². The first-order valence-electron chi connectivity index (χ1n) is 11.5. The van der Waals surface area contributed by atoms with Gasteiger partial charge in [0.25, 0.3) is 0 Å². The predicted octanol–water partition coefficient (Wildman–Crippen LogP) is 1.40. The van der Waals surface area contributed by atoms with E-state index < -0.39 is 36.6 Å². The molecular formula is C26H34O7. The Hall–Kier alpha value is -2.00. The second-order valence-electron chi connectivity index (χ2n) is 9.13. The van der Waals surface area contributed by atoms with Crippen LogP contribution in [0.1, 0.15) is 39.8 Å². The number of hydrogen-bond acceptors (Lipinski definition) is 7. The highest BCUT2D eigenvalue weighted by molar-refractivity contribution is 5.52. The summed E-state index contributed by atoms with van der Waals surface area (Å²) in [6.07, 6.45) is -1.90. The van der Waals surface area contributed by atoms with E-state index in [0.717, 1.165) is 47.3 Å². The quantitative estimate of drug-likeness (QED) is 0.497. The monoisotopic (exact) mass is 458 g/mol. The first kappa shape index (κ1) is 24.1. The van der Waals surface area contributed by atoms with Crippen LogP contribution in [-0.2, 0) is 34.3 Å². The van der Waals surface area contributed by atoms with Gasteiger partial charge in [0.05, 0.1) is 20.3 Å². The zero-order valence-electron chi connectivity index (χ0n) is 19.5. The van der Waals surface area contributed by atoms with Crippen molar-refractivity contribution in [2.45, 2.75) is 62.6 Å². The van der Waals surface area contributed by atoms with Crippen LogP contribution < -0.4 is 4.74 Å². The minimum atomic E-state index is -1.48. The van der Waals surface area contributed by atoms with Gasteiger partial charge in [0.15, 0.2) is 0 Å². The second kappa shape index (κ2) is 9.70. The zero-order valence-corrected chi connectivity index (χ0v) is 19.5. The molecule has 1 aliphatic heterocycles. The summed E-state index contributed by atoms with van der Waals surface area (Å²) in [6.45, 7) is 1.62. The third-order valence-corrected chi connectivity index (χ3v) is 7.24. The van der Waals surface area contributed by atoms with Crippen LogP contribution in [0, 0.1) is 6.92 Å². The number of aliphatic hydroxyl groups is 4. The molecule has 0 radical (unpaired) electrons. The van der Waals surface area contributed by atoms with Crippen molar-refractivity contribution in [3.63, 3.8) is 0 Å². The smallest absolute Gasteiger partial charge is 0.146 e. The van der Waals surface area contributed by atoms with E-state index in [9.17, 15) is 20.4 Å². The lowest BCUT2D eigenvalue weighted by atomic mass is 9.76. The first-order valence-corrected chi connectivity index (χ1v) is 11.5. The van der Waals surface area contributed by atoms with Crippen molar-refractivity contribution in [2.75, 3.05) is 27.4 Å². The van der Waals surface area contributed by atoms with Gasteiger partial charge in [-0.05, 0) is 78.1 Å². The molecule has 4 N–H and O–H groups in total. The number of hydrogen-bond donors (Lipinski definition) is 4. The fourth-order valence-corrected chi connectivity index (χ4v) is 5.41. The van der Waals surface area contributed by atoms with Gasteiger partial charge in [0.2, 0.25) is 0 Å². The van der Waals surface area contributed by atoms with Crippen LogP contribution in [0.2, 0.25) is 0 Å². The minimum absolute atomic E-state index is 0.0219. The molecule has 0 bridgehead atoms. The highest BCUT2D eigenvalue weighted by Gasteiger charge is 2.55. The van der Waals surface area contributed by atoms with Crippen LogP contribution >= 0.6 is 0 Å². The van der Waals surface area contributed by atoms with E-state index in [1.54, 1.807) is 7.11 Å². The molecule has 1 aliphatic carbocycles. The fraction of sp³-hybridized carbons (Fsp3) is 0.538. The van der Waals surface area contributed by atoms with E-state index in [1.807, 2.05) is 30.3 Å². The average molecular weight is 459 g/mol. The number of benzene rings is 2. The van der Waals surface area contributed by atoms with E-state index in [2.05, 4.69) is 6.92 Å². The topological polar surface area (TPSA) is 109 Å². The Morgan fingerprint density at radius 2 is 1.73 bits per heavy atom. The van der Waals surface area contributed by atoms with Gasteiger partial charge >= 0.3 is 0 Å². The highest BCUT2D eigenvalue weighted by Crippen LogP contribution is 2.44. The zero-order chi connectivity index (χ0) is 23.8. The molecule has 1 saturated heterocycles. The maximum Gasteiger partial charge on any atom is 0.146 e. The number of rotatable bonds is 7. The molecule has 0 amide bonds. The SMILES string of the molecule is COCC1(c2cc(Cc3ccc(OC)cc3)c(C)c3c2CCC3)OC(CO)C(O)C(O)C1O. The third kappa shape index (κ3) is 4.18. The van der Waals surface area contributed by atoms with Crippen LogP contribution in [0.25, 0.3) is 0 Å². The van der Waals surface area contributed by atoms with Gasteiger partial charge < -0.3 is 34.6 Å². The summed E-state index contributed by atoms with van der Waals surface area (Å²) in [4.78, 5) is 0. The summed E-state index contributed by atoms with van der Waals surface area (Å²) in [5.74, 6) is 0.797. The van der Waals surface area contributed by atoms with Crippen LogP contribution in [0.3, 0.4) is 0 Å². The Balaban J connectivity index is 1.84. The molecule has 7 nitrogen and oxygen atoms in total. The van der Waals surface area contributed by atoms with E-state index in [0.29, 0.717) is 6.42 Å². The summed E-state index contributed by atoms with van der Waals surface area (Å²) < 4.78 is 17.0. The summed E-state index contributed by atoms with van der Waals surface area (Å²) in [6, 6.07) is 9.98. The molecule has 0 spiro atoms. The number of fused-ring (bicyclic) bond motifs is 1. The molecule has 5 atom stereocenters.